The van der Waals surface area contributed by atoms with Crippen molar-refractivity contribution in [3.8, 4) is 0 Å². The minimum absolute atomic E-state index is 0.0576. The topological polar surface area (TPSA) is 56.1 Å². The largest absolute Gasteiger partial charge is 0.382 e. The molecule has 5 heteroatoms. The van der Waals surface area contributed by atoms with Crippen molar-refractivity contribution in [2.75, 3.05) is 19.8 Å². The Labute approximate surface area is 125 Å². The minimum atomic E-state index is 0.0576. The summed E-state index contributed by atoms with van der Waals surface area (Å²) in [6, 6.07) is 6.22. The molecule has 1 N–H and O–H groups in total. The molecule has 0 atom stereocenters. The van der Waals surface area contributed by atoms with Crippen LogP contribution in [0.1, 0.15) is 25.3 Å². The number of rotatable bonds is 8. The predicted octanol–water partition coefficient (Wildman–Crippen LogP) is 2.28. The highest BCUT2D eigenvalue weighted by molar-refractivity contribution is 5.80. The summed E-state index contributed by atoms with van der Waals surface area (Å²) >= 11 is 0. The molecule has 0 radical (unpaired) electrons. The SMILES string of the molecule is CCOCCCNC(=O)CCn1ncc2cc(C)ccc21. The number of nitrogens with one attached hydrogen (secondary N) is 1. The zero-order chi connectivity index (χ0) is 15.1. The van der Waals surface area contributed by atoms with Crippen LogP contribution >= 0.6 is 0 Å². The summed E-state index contributed by atoms with van der Waals surface area (Å²) in [6.45, 7) is 6.71. The first kappa shape index (κ1) is 15.5. The van der Waals surface area contributed by atoms with E-state index >= 15 is 0 Å². The fourth-order valence-electron chi connectivity index (χ4n) is 2.23. The van der Waals surface area contributed by atoms with Crippen molar-refractivity contribution < 1.29 is 9.53 Å². The Kier molecular flexibility index (Phi) is 5.75. The highest BCUT2D eigenvalue weighted by atomic mass is 16.5. The van der Waals surface area contributed by atoms with Gasteiger partial charge in [-0.05, 0) is 32.4 Å². The van der Waals surface area contributed by atoms with Crippen LogP contribution in [0.25, 0.3) is 10.9 Å². The standard InChI is InChI=1S/C16H23N3O2/c1-3-21-10-4-8-17-16(20)7-9-19-15-6-5-13(2)11-14(15)12-18-19/h5-6,11-12H,3-4,7-10H2,1-2H3,(H,17,20). The summed E-state index contributed by atoms with van der Waals surface area (Å²) < 4.78 is 7.11. The van der Waals surface area contributed by atoms with Gasteiger partial charge in [0.15, 0.2) is 0 Å². The highest BCUT2D eigenvalue weighted by Gasteiger charge is 2.05. The molecule has 1 aromatic heterocycles. The van der Waals surface area contributed by atoms with E-state index in [0.29, 0.717) is 26.1 Å². The number of carbonyl (C=O) groups excluding carboxylic acids is 1. The fraction of sp³-hybridized carbons (Fsp3) is 0.500. The number of aryl methyl sites for hydroxylation is 2. The molecule has 1 amide bonds. The van der Waals surface area contributed by atoms with Crippen molar-refractivity contribution in [2.24, 2.45) is 0 Å². The third-order valence-corrected chi connectivity index (χ3v) is 3.34. The van der Waals surface area contributed by atoms with E-state index in [9.17, 15) is 4.79 Å². The van der Waals surface area contributed by atoms with Gasteiger partial charge in [0.25, 0.3) is 0 Å². The Morgan fingerprint density at radius 1 is 1.43 bits per heavy atom. The zero-order valence-electron chi connectivity index (χ0n) is 12.8. The maximum Gasteiger partial charge on any atom is 0.221 e. The van der Waals surface area contributed by atoms with Crippen molar-refractivity contribution in [1.82, 2.24) is 15.1 Å². The summed E-state index contributed by atoms with van der Waals surface area (Å²) in [5.41, 5.74) is 2.29. The molecule has 0 saturated carbocycles. The number of hydrogen-bond acceptors (Lipinski definition) is 3. The van der Waals surface area contributed by atoms with E-state index in [2.05, 4.69) is 35.5 Å². The first-order valence-electron chi connectivity index (χ1n) is 7.47. The molecule has 114 valence electrons. The lowest BCUT2D eigenvalue weighted by atomic mass is 10.2. The summed E-state index contributed by atoms with van der Waals surface area (Å²) in [5, 5.41) is 8.36. The number of hydrogen-bond donors (Lipinski definition) is 1. The van der Waals surface area contributed by atoms with E-state index in [-0.39, 0.29) is 5.91 Å². The molecular weight excluding hydrogens is 266 g/mol. The third kappa shape index (κ3) is 4.56. The van der Waals surface area contributed by atoms with Crippen LogP contribution in [0, 0.1) is 6.92 Å². The van der Waals surface area contributed by atoms with E-state index in [4.69, 9.17) is 4.74 Å². The number of carbonyl (C=O) groups is 1. The lowest BCUT2D eigenvalue weighted by Gasteiger charge is -2.06. The molecule has 0 aliphatic carbocycles. The van der Waals surface area contributed by atoms with Crippen molar-refractivity contribution in [3.63, 3.8) is 0 Å². The van der Waals surface area contributed by atoms with Gasteiger partial charge in [-0.2, -0.15) is 5.10 Å². The number of fused-ring (bicyclic) bond motifs is 1. The summed E-state index contributed by atoms with van der Waals surface area (Å²) in [6.07, 6.45) is 3.14. The van der Waals surface area contributed by atoms with Gasteiger partial charge in [0.05, 0.1) is 18.3 Å². The number of ether oxygens (including phenoxy) is 1. The molecule has 0 aliphatic heterocycles. The van der Waals surface area contributed by atoms with Gasteiger partial charge in [0.1, 0.15) is 0 Å². The Bertz CT molecular complexity index is 592. The minimum Gasteiger partial charge on any atom is -0.382 e. The average Bonchev–Trinajstić information content (AvgIpc) is 2.87. The van der Waals surface area contributed by atoms with Gasteiger partial charge in [0.2, 0.25) is 5.91 Å². The Hall–Kier alpha value is -1.88. The molecule has 2 rings (SSSR count). The number of nitrogens with zero attached hydrogens (tertiary/aromatic N) is 2. The van der Waals surface area contributed by atoms with Gasteiger partial charge in [-0.25, -0.2) is 0 Å². The van der Waals surface area contributed by atoms with Gasteiger partial charge >= 0.3 is 0 Å². The molecule has 0 bridgehead atoms. The monoisotopic (exact) mass is 289 g/mol. The molecule has 0 fully saturated rings. The van der Waals surface area contributed by atoms with Gasteiger partial charge in [-0.3, -0.25) is 9.48 Å². The van der Waals surface area contributed by atoms with E-state index < -0.39 is 0 Å². The molecule has 2 aromatic rings. The summed E-state index contributed by atoms with van der Waals surface area (Å²) in [4.78, 5) is 11.8. The predicted molar refractivity (Wildman–Crippen MR) is 83.2 cm³/mol. The molecule has 0 unspecified atom stereocenters. The highest BCUT2D eigenvalue weighted by Crippen LogP contribution is 2.15. The van der Waals surface area contributed by atoms with E-state index in [0.717, 1.165) is 23.9 Å². The van der Waals surface area contributed by atoms with Crippen molar-refractivity contribution >= 4 is 16.8 Å². The second-order valence-corrected chi connectivity index (χ2v) is 5.08. The normalized spacial score (nSPS) is 11.0. The van der Waals surface area contributed by atoms with Gasteiger partial charge < -0.3 is 10.1 Å². The molecule has 0 aliphatic rings. The van der Waals surface area contributed by atoms with E-state index in [1.54, 1.807) is 0 Å². The second-order valence-electron chi connectivity index (χ2n) is 5.08. The Balaban J connectivity index is 1.78. The van der Waals surface area contributed by atoms with Crippen LogP contribution in [0.5, 0.6) is 0 Å². The van der Waals surface area contributed by atoms with Crippen molar-refractivity contribution in [1.29, 1.82) is 0 Å². The third-order valence-electron chi connectivity index (χ3n) is 3.34. The molecular formula is C16H23N3O2. The quantitative estimate of drug-likeness (QED) is 0.759. The number of benzene rings is 1. The Morgan fingerprint density at radius 2 is 2.29 bits per heavy atom. The van der Waals surface area contributed by atoms with Gasteiger partial charge in [-0.1, -0.05) is 11.6 Å². The van der Waals surface area contributed by atoms with Crippen LogP contribution in [0.2, 0.25) is 0 Å². The molecule has 1 heterocycles. The molecule has 1 aromatic carbocycles. The lowest BCUT2D eigenvalue weighted by molar-refractivity contribution is -0.121. The van der Waals surface area contributed by atoms with Crippen LogP contribution in [0.4, 0.5) is 0 Å². The van der Waals surface area contributed by atoms with Crippen LogP contribution < -0.4 is 5.32 Å². The molecule has 5 nitrogen and oxygen atoms in total. The maximum absolute atomic E-state index is 11.8. The smallest absolute Gasteiger partial charge is 0.221 e. The van der Waals surface area contributed by atoms with Crippen LogP contribution in [-0.2, 0) is 16.1 Å². The van der Waals surface area contributed by atoms with E-state index in [1.165, 1.54) is 5.56 Å². The van der Waals surface area contributed by atoms with Crippen molar-refractivity contribution in [2.45, 2.75) is 33.2 Å². The summed E-state index contributed by atoms with van der Waals surface area (Å²) in [7, 11) is 0. The first-order valence-corrected chi connectivity index (χ1v) is 7.47. The maximum atomic E-state index is 11.8. The lowest BCUT2D eigenvalue weighted by Crippen LogP contribution is -2.26. The summed E-state index contributed by atoms with van der Waals surface area (Å²) in [5.74, 6) is 0.0576. The van der Waals surface area contributed by atoms with Gasteiger partial charge in [-0.15, -0.1) is 0 Å². The van der Waals surface area contributed by atoms with Crippen molar-refractivity contribution in [3.05, 3.63) is 30.0 Å². The number of amides is 1. The first-order chi connectivity index (χ1) is 10.2. The van der Waals surface area contributed by atoms with Gasteiger partial charge in [0, 0.05) is 31.6 Å². The van der Waals surface area contributed by atoms with Crippen LogP contribution in [0.15, 0.2) is 24.4 Å². The average molecular weight is 289 g/mol. The fourth-order valence-corrected chi connectivity index (χ4v) is 2.23. The second kappa shape index (κ2) is 7.78. The van der Waals surface area contributed by atoms with Crippen LogP contribution in [0.3, 0.4) is 0 Å². The van der Waals surface area contributed by atoms with Crippen LogP contribution in [-0.4, -0.2) is 35.4 Å². The van der Waals surface area contributed by atoms with E-state index in [1.807, 2.05) is 17.8 Å². The Morgan fingerprint density at radius 3 is 3.10 bits per heavy atom. The molecule has 0 spiro atoms. The molecule has 0 saturated heterocycles. The zero-order valence-corrected chi connectivity index (χ0v) is 12.8. The number of aromatic nitrogens is 2. The molecule has 21 heavy (non-hydrogen) atoms.